The van der Waals surface area contributed by atoms with Crippen LogP contribution in [-0.2, 0) is 6.54 Å². The first-order chi connectivity index (χ1) is 7.61. The first kappa shape index (κ1) is 11.0. The van der Waals surface area contributed by atoms with Gasteiger partial charge in [0.1, 0.15) is 5.82 Å². The molecule has 2 rings (SSSR count). The number of hydrogen-bond acceptors (Lipinski definition) is 3. The third-order valence-corrected chi connectivity index (χ3v) is 2.99. The molecule has 0 aromatic carbocycles. The maximum absolute atomic E-state index is 11.7. The van der Waals surface area contributed by atoms with Gasteiger partial charge >= 0.3 is 0 Å². The van der Waals surface area contributed by atoms with Gasteiger partial charge in [0, 0.05) is 33.3 Å². The molecule has 1 aliphatic heterocycles. The van der Waals surface area contributed by atoms with E-state index >= 15 is 0 Å². The predicted molar refractivity (Wildman–Crippen MR) is 62.5 cm³/mol. The van der Waals surface area contributed by atoms with E-state index in [9.17, 15) is 4.79 Å². The van der Waals surface area contributed by atoms with Gasteiger partial charge in [0.05, 0.1) is 0 Å². The number of amides is 1. The quantitative estimate of drug-likeness (QED) is 0.813. The highest BCUT2D eigenvalue weighted by Crippen LogP contribution is 2.20. The molecule has 0 saturated carbocycles. The van der Waals surface area contributed by atoms with Gasteiger partial charge in [-0.05, 0) is 12.3 Å². The average Bonchev–Trinajstić information content (AvgIpc) is 2.69. The molecule has 0 fully saturated rings. The SMILES string of the molecule is CCC1CNc2cc(C(=O)N(C)C)nn2C1. The Hall–Kier alpha value is -1.52. The van der Waals surface area contributed by atoms with Crippen LogP contribution in [-0.4, -0.2) is 41.2 Å². The Labute approximate surface area is 95.4 Å². The zero-order valence-corrected chi connectivity index (χ0v) is 10.0. The van der Waals surface area contributed by atoms with Gasteiger partial charge in [-0.15, -0.1) is 0 Å². The maximum Gasteiger partial charge on any atom is 0.273 e. The lowest BCUT2D eigenvalue weighted by atomic mass is 10.1. The Morgan fingerprint density at radius 1 is 1.69 bits per heavy atom. The van der Waals surface area contributed by atoms with Crippen LogP contribution < -0.4 is 5.32 Å². The molecule has 0 aliphatic carbocycles. The molecule has 1 aromatic rings. The van der Waals surface area contributed by atoms with Gasteiger partial charge in [0.25, 0.3) is 5.91 Å². The molecule has 5 heteroatoms. The smallest absolute Gasteiger partial charge is 0.273 e. The Balaban J connectivity index is 2.21. The number of anilines is 1. The summed E-state index contributed by atoms with van der Waals surface area (Å²) >= 11 is 0. The molecular weight excluding hydrogens is 204 g/mol. The molecule has 88 valence electrons. The normalized spacial score (nSPS) is 18.8. The zero-order chi connectivity index (χ0) is 11.7. The van der Waals surface area contributed by atoms with Crippen LogP contribution >= 0.6 is 0 Å². The molecule has 0 saturated heterocycles. The minimum Gasteiger partial charge on any atom is -0.370 e. The highest BCUT2D eigenvalue weighted by molar-refractivity contribution is 5.92. The number of carbonyl (C=O) groups excluding carboxylic acids is 1. The summed E-state index contributed by atoms with van der Waals surface area (Å²) in [5, 5.41) is 7.64. The van der Waals surface area contributed by atoms with E-state index in [1.807, 2.05) is 10.7 Å². The molecule has 0 spiro atoms. The van der Waals surface area contributed by atoms with Crippen molar-refractivity contribution >= 4 is 11.7 Å². The molecule has 1 amide bonds. The second-order valence-corrected chi connectivity index (χ2v) is 4.45. The molecule has 1 unspecified atom stereocenters. The van der Waals surface area contributed by atoms with E-state index in [0.717, 1.165) is 25.3 Å². The van der Waals surface area contributed by atoms with Gasteiger partial charge in [0.2, 0.25) is 0 Å². The Kier molecular flexibility index (Phi) is 2.85. The van der Waals surface area contributed by atoms with E-state index in [4.69, 9.17) is 0 Å². The third-order valence-electron chi connectivity index (χ3n) is 2.99. The van der Waals surface area contributed by atoms with Crippen molar-refractivity contribution in [1.82, 2.24) is 14.7 Å². The van der Waals surface area contributed by atoms with Crippen molar-refractivity contribution in [2.45, 2.75) is 19.9 Å². The van der Waals surface area contributed by atoms with Gasteiger partial charge < -0.3 is 10.2 Å². The summed E-state index contributed by atoms with van der Waals surface area (Å²) in [6.07, 6.45) is 1.13. The molecule has 0 bridgehead atoms. The van der Waals surface area contributed by atoms with Crippen LogP contribution in [0.4, 0.5) is 5.82 Å². The van der Waals surface area contributed by atoms with Crippen molar-refractivity contribution in [2.75, 3.05) is 26.0 Å². The van der Waals surface area contributed by atoms with E-state index in [-0.39, 0.29) is 5.91 Å². The fraction of sp³-hybridized carbons (Fsp3) is 0.636. The lowest BCUT2D eigenvalue weighted by Crippen LogP contribution is -2.27. The molecule has 1 aliphatic rings. The summed E-state index contributed by atoms with van der Waals surface area (Å²) in [5.41, 5.74) is 0.518. The fourth-order valence-electron chi connectivity index (χ4n) is 1.86. The van der Waals surface area contributed by atoms with E-state index < -0.39 is 0 Å². The summed E-state index contributed by atoms with van der Waals surface area (Å²) < 4.78 is 1.90. The molecule has 2 heterocycles. The number of nitrogens with zero attached hydrogens (tertiary/aromatic N) is 3. The first-order valence-electron chi connectivity index (χ1n) is 5.65. The van der Waals surface area contributed by atoms with Gasteiger partial charge in [0.15, 0.2) is 5.69 Å². The molecule has 0 radical (unpaired) electrons. The van der Waals surface area contributed by atoms with Crippen LogP contribution in [0.25, 0.3) is 0 Å². The van der Waals surface area contributed by atoms with Crippen molar-refractivity contribution in [3.63, 3.8) is 0 Å². The highest BCUT2D eigenvalue weighted by atomic mass is 16.2. The van der Waals surface area contributed by atoms with Gasteiger partial charge in [-0.1, -0.05) is 6.92 Å². The number of hydrogen-bond donors (Lipinski definition) is 1. The van der Waals surface area contributed by atoms with Gasteiger partial charge in [-0.25, -0.2) is 4.68 Å². The topological polar surface area (TPSA) is 50.2 Å². The van der Waals surface area contributed by atoms with E-state index in [0.29, 0.717) is 11.6 Å². The minimum absolute atomic E-state index is 0.0447. The first-order valence-corrected chi connectivity index (χ1v) is 5.65. The summed E-state index contributed by atoms with van der Waals surface area (Å²) in [5.74, 6) is 1.52. The largest absolute Gasteiger partial charge is 0.370 e. The maximum atomic E-state index is 11.7. The minimum atomic E-state index is -0.0447. The van der Waals surface area contributed by atoms with Crippen LogP contribution in [0.5, 0.6) is 0 Å². The standard InChI is InChI=1S/C11H18N4O/c1-4-8-6-12-10-5-9(11(16)14(2)3)13-15(10)7-8/h5,8,12H,4,6-7H2,1-3H3. The number of carbonyl (C=O) groups is 1. The number of nitrogens with one attached hydrogen (secondary N) is 1. The average molecular weight is 222 g/mol. The Morgan fingerprint density at radius 3 is 3.06 bits per heavy atom. The monoisotopic (exact) mass is 222 g/mol. The zero-order valence-electron chi connectivity index (χ0n) is 10.0. The molecular formula is C11H18N4O. The van der Waals surface area contributed by atoms with Crippen molar-refractivity contribution in [3.8, 4) is 0 Å². The molecule has 1 aromatic heterocycles. The summed E-state index contributed by atoms with van der Waals surface area (Å²) in [7, 11) is 3.48. The van der Waals surface area contributed by atoms with Crippen LogP contribution in [0.15, 0.2) is 6.07 Å². The molecule has 1 atom stereocenters. The van der Waals surface area contributed by atoms with Crippen LogP contribution in [0.2, 0.25) is 0 Å². The van der Waals surface area contributed by atoms with Crippen molar-refractivity contribution in [3.05, 3.63) is 11.8 Å². The van der Waals surface area contributed by atoms with E-state index in [1.54, 1.807) is 19.0 Å². The third kappa shape index (κ3) is 1.89. The Bertz CT molecular complexity index is 397. The van der Waals surface area contributed by atoms with Crippen molar-refractivity contribution in [2.24, 2.45) is 5.92 Å². The lowest BCUT2D eigenvalue weighted by molar-refractivity contribution is 0.0821. The van der Waals surface area contributed by atoms with E-state index in [2.05, 4.69) is 17.3 Å². The van der Waals surface area contributed by atoms with Crippen LogP contribution in [0, 0.1) is 5.92 Å². The summed E-state index contributed by atoms with van der Waals surface area (Å²) in [6, 6.07) is 1.83. The van der Waals surface area contributed by atoms with E-state index in [1.165, 1.54) is 0 Å². The lowest BCUT2D eigenvalue weighted by Gasteiger charge is -2.23. The molecule has 1 N–H and O–H groups in total. The van der Waals surface area contributed by atoms with Crippen LogP contribution in [0.1, 0.15) is 23.8 Å². The fourth-order valence-corrected chi connectivity index (χ4v) is 1.86. The number of aromatic nitrogens is 2. The summed E-state index contributed by atoms with van der Waals surface area (Å²) in [6.45, 7) is 4.05. The number of fused-ring (bicyclic) bond motifs is 1. The van der Waals surface area contributed by atoms with Gasteiger partial charge in [-0.3, -0.25) is 4.79 Å². The number of rotatable bonds is 2. The Morgan fingerprint density at radius 2 is 2.44 bits per heavy atom. The van der Waals surface area contributed by atoms with Crippen molar-refractivity contribution in [1.29, 1.82) is 0 Å². The van der Waals surface area contributed by atoms with Crippen LogP contribution in [0.3, 0.4) is 0 Å². The molecule has 16 heavy (non-hydrogen) atoms. The second kappa shape index (κ2) is 4.15. The second-order valence-electron chi connectivity index (χ2n) is 4.45. The molecule has 5 nitrogen and oxygen atoms in total. The van der Waals surface area contributed by atoms with Gasteiger partial charge in [-0.2, -0.15) is 5.10 Å². The predicted octanol–water partition coefficient (Wildman–Crippen LogP) is 1.04. The van der Waals surface area contributed by atoms with Crippen molar-refractivity contribution < 1.29 is 4.79 Å². The highest BCUT2D eigenvalue weighted by Gasteiger charge is 2.21. The summed E-state index contributed by atoms with van der Waals surface area (Å²) in [4.78, 5) is 13.3.